The number of methoxy groups -OCH3 is 1. The van der Waals surface area contributed by atoms with Gasteiger partial charge in [0.05, 0.1) is 12.1 Å². The lowest BCUT2D eigenvalue weighted by Crippen LogP contribution is -2.54. The topological polar surface area (TPSA) is 64.5 Å². The lowest BCUT2D eigenvalue weighted by Gasteiger charge is -2.40. The van der Waals surface area contributed by atoms with Crippen LogP contribution in [0.25, 0.3) is 0 Å². The van der Waals surface area contributed by atoms with E-state index in [1.54, 1.807) is 42.6 Å². The van der Waals surface area contributed by atoms with Crippen molar-refractivity contribution in [2.75, 3.05) is 20.3 Å². The van der Waals surface area contributed by atoms with Crippen LogP contribution < -0.4 is 4.74 Å². The van der Waals surface area contributed by atoms with Gasteiger partial charge in [-0.05, 0) is 43.0 Å². The Balaban J connectivity index is 1.69. The first-order valence-corrected chi connectivity index (χ1v) is 8.64. The smallest absolute Gasteiger partial charge is 0.316 e. The number of hydrogen-bond donors (Lipinski definition) is 0. The molecule has 26 heavy (non-hydrogen) atoms. The van der Waals surface area contributed by atoms with Crippen LogP contribution in [0.2, 0.25) is 0 Å². The number of rotatable bonds is 6. The van der Waals surface area contributed by atoms with Gasteiger partial charge in [-0.15, -0.1) is 0 Å². The quantitative estimate of drug-likeness (QED) is 0.791. The summed E-state index contributed by atoms with van der Waals surface area (Å²) in [5, 5.41) is 0. The first-order chi connectivity index (χ1) is 12.7. The van der Waals surface area contributed by atoms with Crippen LogP contribution in [0.4, 0.5) is 4.39 Å². The van der Waals surface area contributed by atoms with E-state index in [9.17, 15) is 9.18 Å². The highest BCUT2D eigenvalue weighted by molar-refractivity contribution is 5.78. The molecule has 138 valence electrons. The molecular formula is C19H22FN3O3. The average Bonchev–Trinajstić information content (AvgIpc) is 2.68. The fourth-order valence-corrected chi connectivity index (χ4v) is 3.28. The van der Waals surface area contributed by atoms with E-state index in [0.29, 0.717) is 13.0 Å². The van der Waals surface area contributed by atoms with E-state index in [1.807, 2.05) is 0 Å². The van der Waals surface area contributed by atoms with E-state index in [0.717, 1.165) is 18.4 Å². The molecule has 1 aliphatic heterocycles. The second kappa shape index (κ2) is 8.71. The number of benzene rings is 1. The van der Waals surface area contributed by atoms with Crippen LogP contribution in [-0.4, -0.2) is 53.2 Å². The Morgan fingerprint density at radius 1 is 1.27 bits per heavy atom. The van der Waals surface area contributed by atoms with Crippen LogP contribution in [-0.2, 0) is 16.0 Å². The Kier molecular flexibility index (Phi) is 6.12. The molecule has 0 saturated carbocycles. The maximum absolute atomic E-state index is 13.2. The summed E-state index contributed by atoms with van der Waals surface area (Å²) in [6, 6.07) is 8.09. The van der Waals surface area contributed by atoms with Crippen molar-refractivity contribution in [2.45, 2.75) is 31.4 Å². The van der Waals surface area contributed by atoms with Crippen LogP contribution in [0.3, 0.4) is 0 Å². The number of nitrogens with zero attached hydrogens (tertiary/aromatic N) is 3. The van der Waals surface area contributed by atoms with Gasteiger partial charge in [0.25, 0.3) is 5.91 Å². The minimum Gasteiger partial charge on any atom is -0.453 e. The van der Waals surface area contributed by atoms with Gasteiger partial charge in [0.15, 0.2) is 6.61 Å². The molecule has 1 aromatic carbocycles. The summed E-state index contributed by atoms with van der Waals surface area (Å²) in [5.74, 6) is -0.406. The van der Waals surface area contributed by atoms with Crippen molar-refractivity contribution in [1.82, 2.24) is 14.9 Å². The lowest BCUT2D eigenvalue weighted by atomic mass is 9.92. The van der Waals surface area contributed by atoms with E-state index in [-0.39, 0.29) is 36.5 Å². The van der Waals surface area contributed by atoms with Gasteiger partial charge in [0, 0.05) is 26.0 Å². The SMILES string of the molecule is CO[C@H]1CCCN(C(=O)COc2ncccn2)[C@H]1Cc1ccc(F)cc1. The van der Waals surface area contributed by atoms with Gasteiger partial charge < -0.3 is 14.4 Å². The number of carbonyl (C=O) groups excluding carboxylic acids is 1. The first-order valence-electron chi connectivity index (χ1n) is 8.64. The van der Waals surface area contributed by atoms with Crippen molar-refractivity contribution in [3.8, 4) is 6.01 Å². The maximum Gasteiger partial charge on any atom is 0.316 e. The third-order valence-corrected chi connectivity index (χ3v) is 4.57. The number of amides is 1. The van der Waals surface area contributed by atoms with E-state index in [1.165, 1.54) is 12.1 Å². The number of aromatic nitrogens is 2. The molecule has 2 heterocycles. The van der Waals surface area contributed by atoms with Crippen molar-refractivity contribution in [3.63, 3.8) is 0 Å². The van der Waals surface area contributed by atoms with Gasteiger partial charge in [0.2, 0.25) is 0 Å². The monoisotopic (exact) mass is 359 g/mol. The zero-order chi connectivity index (χ0) is 18.4. The van der Waals surface area contributed by atoms with E-state index < -0.39 is 0 Å². The summed E-state index contributed by atoms with van der Waals surface area (Å²) in [6.45, 7) is 0.518. The summed E-state index contributed by atoms with van der Waals surface area (Å²) in [5.41, 5.74) is 0.963. The molecule has 0 N–H and O–H groups in total. The molecule has 0 aliphatic carbocycles. The Bertz CT molecular complexity index is 712. The van der Waals surface area contributed by atoms with Crippen LogP contribution >= 0.6 is 0 Å². The Morgan fingerprint density at radius 2 is 2.00 bits per heavy atom. The van der Waals surface area contributed by atoms with E-state index in [4.69, 9.17) is 9.47 Å². The lowest BCUT2D eigenvalue weighted by molar-refractivity contribution is -0.142. The van der Waals surface area contributed by atoms with Gasteiger partial charge >= 0.3 is 6.01 Å². The molecule has 1 saturated heterocycles. The van der Waals surface area contributed by atoms with Crippen LogP contribution in [0.1, 0.15) is 18.4 Å². The zero-order valence-electron chi connectivity index (χ0n) is 14.7. The summed E-state index contributed by atoms with van der Waals surface area (Å²) in [7, 11) is 1.66. The summed E-state index contributed by atoms with van der Waals surface area (Å²) in [6.07, 6.45) is 5.41. The highest BCUT2D eigenvalue weighted by atomic mass is 19.1. The predicted molar refractivity (Wildman–Crippen MR) is 93.2 cm³/mol. The molecule has 3 rings (SSSR count). The minimum atomic E-state index is -0.273. The highest BCUT2D eigenvalue weighted by Gasteiger charge is 2.34. The van der Waals surface area contributed by atoms with Gasteiger partial charge in [0.1, 0.15) is 5.82 Å². The molecule has 0 bridgehead atoms. The number of carbonyl (C=O) groups is 1. The number of likely N-dealkylation sites (tertiary alicyclic amines) is 1. The van der Waals surface area contributed by atoms with Crippen LogP contribution in [0, 0.1) is 5.82 Å². The van der Waals surface area contributed by atoms with Gasteiger partial charge in [-0.2, -0.15) is 0 Å². The Labute approximate surface area is 152 Å². The van der Waals surface area contributed by atoms with Crippen molar-refractivity contribution >= 4 is 5.91 Å². The first kappa shape index (κ1) is 18.3. The highest BCUT2D eigenvalue weighted by Crippen LogP contribution is 2.24. The number of piperidine rings is 1. The molecule has 1 fully saturated rings. The molecule has 7 heteroatoms. The fourth-order valence-electron chi connectivity index (χ4n) is 3.28. The summed E-state index contributed by atoms with van der Waals surface area (Å²) in [4.78, 5) is 22.4. The summed E-state index contributed by atoms with van der Waals surface area (Å²) < 4.78 is 24.2. The molecular weight excluding hydrogens is 337 g/mol. The second-order valence-electron chi connectivity index (χ2n) is 6.22. The molecule has 6 nitrogen and oxygen atoms in total. The Morgan fingerprint density at radius 3 is 2.69 bits per heavy atom. The van der Waals surface area contributed by atoms with Gasteiger partial charge in [-0.3, -0.25) is 4.79 Å². The van der Waals surface area contributed by atoms with Gasteiger partial charge in [-0.1, -0.05) is 12.1 Å². The second-order valence-corrected chi connectivity index (χ2v) is 6.22. The molecule has 0 spiro atoms. The number of hydrogen-bond acceptors (Lipinski definition) is 5. The van der Waals surface area contributed by atoms with Crippen molar-refractivity contribution < 1.29 is 18.7 Å². The minimum absolute atomic E-state index is 0.0641. The third-order valence-electron chi connectivity index (χ3n) is 4.57. The zero-order valence-corrected chi connectivity index (χ0v) is 14.7. The number of halogens is 1. The molecule has 1 aromatic heterocycles. The molecule has 0 radical (unpaired) electrons. The van der Waals surface area contributed by atoms with Crippen molar-refractivity contribution in [1.29, 1.82) is 0 Å². The fraction of sp³-hybridized carbons (Fsp3) is 0.421. The molecule has 1 amide bonds. The van der Waals surface area contributed by atoms with E-state index in [2.05, 4.69) is 9.97 Å². The predicted octanol–water partition coefficient (Wildman–Crippen LogP) is 2.24. The van der Waals surface area contributed by atoms with Crippen molar-refractivity contribution in [3.05, 3.63) is 54.1 Å². The average molecular weight is 359 g/mol. The maximum atomic E-state index is 13.2. The molecule has 2 aromatic rings. The van der Waals surface area contributed by atoms with Gasteiger partial charge in [-0.25, -0.2) is 14.4 Å². The Hall–Kier alpha value is -2.54. The normalized spacial score (nSPS) is 20.0. The molecule has 1 aliphatic rings. The third kappa shape index (κ3) is 4.54. The largest absolute Gasteiger partial charge is 0.453 e. The molecule has 2 atom stereocenters. The summed E-state index contributed by atoms with van der Waals surface area (Å²) >= 11 is 0. The van der Waals surface area contributed by atoms with Crippen LogP contribution in [0.15, 0.2) is 42.7 Å². The molecule has 0 unspecified atom stereocenters. The number of ether oxygens (including phenoxy) is 2. The van der Waals surface area contributed by atoms with Crippen molar-refractivity contribution in [2.24, 2.45) is 0 Å². The standard InChI is InChI=1S/C19H22FN3O3/c1-25-17-4-2-11-23(16(17)12-14-5-7-15(20)8-6-14)18(24)13-26-19-21-9-3-10-22-19/h3,5-10,16-17H,2,4,11-13H2,1H3/t16-,17-/m0/s1. The van der Waals surface area contributed by atoms with E-state index >= 15 is 0 Å². The van der Waals surface area contributed by atoms with Crippen LogP contribution in [0.5, 0.6) is 6.01 Å².